The Balaban J connectivity index is 1.32. The topological polar surface area (TPSA) is 161 Å². The molecule has 0 aromatic heterocycles. The summed E-state index contributed by atoms with van der Waals surface area (Å²) in [6.45, 7) is 1.93. The molecule has 5 aliphatic rings. The number of aromatic hydroxyl groups is 1. The van der Waals surface area contributed by atoms with E-state index >= 15 is 0 Å². The third-order valence-corrected chi connectivity index (χ3v) is 8.75. The van der Waals surface area contributed by atoms with Gasteiger partial charge < -0.3 is 58.0 Å². The molecule has 0 amide bonds. The van der Waals surface area contributed by atoms with Crippen molar-refractivity contribution in [1.82, 2.24) is 0 Å². The van der Waals surface area contributed by atoms with Gasteiger partial charge in [-0.05, 0) is 47.9 Å². The molecule has 0 bridgehead atoms. The molecule has 2 aromatic carbocycles. The van der Waals surface area contributed by atoms with Crippen LogP contribution in [0.15, 0.2) is 24.3 Å². The number of esters is 1. The Labute approximate surface area is 240 Å². The van der Waals surface area contributed by atoms with E-state index in [1.165, 1.54) is 14.2 Å². The van der Waals surface area contributed by atoms with Gasteiger partial charge in [0.25, 0.3) is 0 Å². The molecule has 3 saturated heterocycles. The zero-order chi connectivity index (χ0) is 29.3. The quantitative estimate of drug-likeness (QED) is 0.430. The van der Waals surface area contributed by atoms with Gasteiger partial charge in [-0.1, -0.05) is 0 Å². The maximum absolute atomic E-state index is 13.4. The molecule has 3 N–H and O–H groups in total. The molecule has 0 radical (unpaired) electrons. The van der Waals surface area contributed by atoms with Crippen molar-refractivity contribution in [2.45, 2.75) is 55.9 Å². The fraction of sp³-hybridized carbons (Fsp3) is 0.552. The molecule has 1 aliphatic carbocycles. The van der Waals surface area contributed by atoms with E-state index in [2.05, 4.69) is 0 Å². The summed E-state index contributed by atoms with van der Waals surface area (Å²) in [5.74, 6) is -1.02. The standard InChI is InChI=1S/C29H32O13/c1-11-36-9-20-27(40-11)24(31)25(32)29(41-20)42-26-14-7-17-16(38-10-39-17)6-13(14)21(22-15(26)8-37-28(22)33)12-4-18(34-2)23(30)19(5-12)35-3/h4-7,11,15,20-22,24-27,29-32H,8-10H2,1-3H3/t11?,15?,20-,21?,22?,24-,25-,26?,27-,29+/m1/s1. The van der Waals surface area contributed by atoms with Gasteiger partial charge in [0.15, 0.2) is 35.6 Å². The Morgan fingerprint density at radius 1 is 0.881 bits per heavy atom. The Hall–Kier alpha value is -3.33. The first kappa shape index (κ1) is 27.5. The summed E-state index contributed by atoms with van der Waals surface area (Å²) in [5.41, 5.74) is 2.01. The Bertz CT molecular complexity index is 1350. The third-order valence-electron chi connectivity index (χ3n) is 8.75. The highest BCUT2D eigenvalue weighted by Gasteiger charge is 2.56. The summed E-state index contributed by atoms with van der Waals surface area (Å²) in [6, 6.07) is 6.93. The second kappa shape index (κ2) is 10.4. The lowest BCUT2D eigenvalue weighted by Crippen LogP contribution is -2.63. The number of hydrogen-bond donors (Lipinski definition) is 3. The number of fused-ring (bicyclic) bond motifs is 4. The third kappa shape index (κ3) is 4.26. The van der Waals surface area contributed by atoms with Crippen molar-refractivity contribution in [1.29, 1.82) is 0 Å². The number of aliphatic hydroxyl groups excluding tert-OH is 2. The molecule has 4 heterocycles. The molecular weight excluding hydrogens is 556 g/mol. The molecule has 13 heteroatoms. The van der Waals surface area contributed by atoms with Crippen LogP contribution in [0.5, 0.6) is 28.7 Å². The molecule has 4 aliphatic heterocycles. The van der Waals surface area contributed by atoms with Crippen molar-refractivity contribution >= 4 is 5.97 Å². The minimum absolute atomic E-state index is 0.0301. The van der Waals surface area contributed by atoms with Crippen LogP contribution < -0.4 is 18.9 Å². The summed E-state index contributed by atoms with van der Waals surface area (Å²) < 4.78 is 51.5. The first-order chi connectivity index (χ1) is 20.3. The average Bonchev–Trinajstić information content (AvgIpc) is 3.61. The van der Waals surface area contributed by atoms with Crippen LogP contribution in [-0.2, 0) is 28.5 Å². The van der Waals surface area contributed by atoms with E-state index in [9.17, 15) is 20.1 Å². The maximum atomic E-state index is 13.4. The molecule has 0 spiro atoms. The normalized spacial score (nSPS) is 36.5. The zero-order valence-electron chi connectivity index (χ0n) is 23.1. The van der Waals surface area contributed by atoms with Crippen LogP contribution in [0.2, 0.25) is 0 Å². The monoisotopic (exact) mass is 588 g/mol. The van der Waals surface area contributed by atoms with Crippen molar-refractivity contribution in [3.8, 4) is 28.7 Å². The van der Waals surface area contributed by atoms with Gasteiger partial charge >= 0.3 is 5.97 Å². The fourth-order valence-electron chi connectivity index (χ4n) is 6.74. The number of cyclic esters (lactones) is 1. The van der Waals surface area contributed by atoms with Crippen LogP contribution in [0.3, 0.4) is 0 Å². The van der Waals surface area contributed by atoms with Crippen LogP contribution in [0.25, 0.3) is 0 Å². The largest absolute Gasteiger partial charge is 0.502 e. The number of benzene rings is 2. The highest BCUT2D eigenvalue weighted by atomic mass is 16.8. The molecule has 3 fully saturated rings. The van der Waals surface area contributed by atoms with Gasteiger partial charge in [0.1, 0.15) is 24.4 Å². The molecule has 10 atom stereocenters. The van der Waals surface area contributed by atoms with Crippen molar-refractivity contribution in [3.05, 3.63) is 41.0 Å². The van der Waals surface area contributed by atoms with E-state index in [4.69, 9.17) is 42.6 Å². The van der Waals surface area contributed by atoms with Crippen LogP contribution >= 0.6 is 0 Å². The number of phenols is 1. The summed E-state index contributed by atoms with van der Waals surface area (Å²) >= 11 is 0. The molecule has 5 unspecified atom stereocenters. The van der Waals surface area contributed by atoms with Gasteiger partial charge in [0.2, 0.25) is 12.5 Å². The van der Waals surface area contributed by atoms with Crippen LogP contribution in [0.4, 0.5) is 0 Å². The van der Waals surface area contributed by atoms with Crippen molar-refractivity contribution < 1.29 is 62.7 Å². The van der Waals surface area contributed by atoms with Crippen molar-refractivity contribution in [2.24, 2.45) is 11.8 Å². The molecule has 226 valence electrons. The molecular formula is C29H32O13. The smallest absolute Gasteiger partial charge is 0.310 e. The number of carbonyl (C=O) groups is 1. The second-order valence-corrected chi connectivity index (χ2v) is 11.0. The van der Waals surface area contributed by atoms with E-state index in [0.717, 1.165) is 0 Å². The second-order valence-electron chi connectivity index (χ2n) is 11.0. The van der Waals surface area contributed by atoms with Gasteiger partial charge in [0.05, 0.1) is 39.5 Å². The van der Waals surface area contributed by atoms with Gasteiger partial charge in [-0.15, -0.1) is 0 Å². The molecule has 13 nitrogen and oxygen atoms in total. The van der Waals surface area contributed by atoms with E-state index in [1.54, 1.807) is 31.2 Å². The molecule has 42 heavy (non-hydrogen) atoms. The zero-order valence-corrected chi connectivity index (χ0v) is 23.1. The Kier molecular flexibility index (Phi) is 6.83. The van der Waals surface area contributed by atoms with E-state index in [-0.39, 0.29) is 37.3 Å². The number of phenolic OH excluding ortho intramolecular Hbond substituents is 1. The SMILES string of the molecule is COc1cc(C2c3cc4c(cc3C(O[C@@H]3O[C@@H]5COC(C)O[C@H]5[C@H](O)[C@H]3O)C3COC(=O)C23)OCO4)cc(OC)c1O. The number of carbonyl (C=O) groups excluding carboxylic acids is 1. The van der Waals surface area contributed by atoms with Gasteiger partial charge in [-0.25, -0.2) is 0 Å². The lowest BCUT2D eigenvalue weighted by Gasteiger charge is -2.47. The van der Waals surface area contributed by atoms with Gasteiger partial charge in [-0.2, -0.15) is 0 Å². The predicted octanol–water partition coefficient (Wildman–Crippen LogP) is 1.34. The van der Waals surface area contributed by atoms with Crippen molar-refractivity contribution in [2.75, 3.05) is 34.2 Å². The molecule has 2 aromatic rings. The summed E-state index contributed by atoms with van der Waals surface area (Å²) in [7, 11) is 2.86. The molecule has 7 rings (SSSR count). The minimum atomic E-state index is -1.44. The fourth-order valence-corrected chi connectivity index (χ4v) is 6.74. The number of ether oxygens (including phenoxy) is 9. The van der Waals surface area contributed by atoms with Crippen LogP contribution in [0.1, 0.15) is 35.6 Å². The van der Waals surface area contributed by atoms with Gasteiger partial charge in [0, 0.05) is 11.8 Å². The van der Waals surface area contributed by atoms with Gasteiger partial charge in [-0.3, -0.25) is 4.79 Å². The van der Waals surface area contributed by atoms with E-state index in [1.807, 2.05) is 0 Å². The summed E-state index contributed by atoms with van der Waals surface area (Å²) in [6.07, 6.45) is -6.80. The highest BCUT2D eigenvalue weighted by molar-refractivity contribution is 5.79. The molecule has 0 saturated carbocycles. The first-order valence-electron chi connectivity index (χ1n) is 13.8. The first-order valence-corrected chi connectivity index (χ1v) is 13.8. The number of methoxy groups -OCH3 is 2. The lowest BCUT2D eigenvalue weighted by molar-refractivity contribution is -0.364. The maximum Gasteiger partial charge on any atom is 0.310 e. The van der Waals surface area contributed by atoms with E-state index in [0.29, 0.717) is 28.2 Å². The number of rotatable bonds is 5. The Morgan fingerprint density at radius 2 is 1.57 bits per heavy atom. The summed E-state index contributed by atoms with van der Waals surface area (Å²) in [5, 5.41) is 32.5. The number of aliphatic hydroxyl groups is 2. The number of hydrogen-bond acceptors (Lipinski definition) is 13. The average molecular weight is 589 g/mol. The predicted molar refractivity (Wildman–Crippen MR) is 138 cm³/mol. The van der Waals surface area contributed by atoms with E-state index < -0.39 is 66.8 Å². The summed E-state index contributed by atoms with van der Waals surface area (Å²) in [4.78, 5) is 13.4. The minimum Gasteiger partial charge on any atom is -0.502 e. The van der Waals surface area contributed by atoms with Crippen LogP contribution in [-0.4, -0.2) is 92.5 Å². The van der Waals surface area contributed by atoms with Crippen LogP contribution in [0, 0.1) is 11.8 Å². The lowest BCUT2D eigenvalue weighted by atomic mass is 9.66. The highest BCUT2D eigenvalue weighted by Crippen LogP contribution is 2.57. The van der Waals surface area contributed by atoms with Crippen molar-refractivity contribution in [3.63, 3.8) is 0 Å². The Morgan fingerprint density at radius 3 is 2.26 bits per heavy atom.